The number of guanidine groups is 1. The normalized spacial score (nSPS) is 21.1. The molecule has 1 aromatic heterocycles. The number of thiazole rings is 1. The average molecular weight is 400 g/mol. The Morgan fingerprint density at radius 3 is 2.68 bits per heavy atom. The second kappa shape index (κ2) is 9.05. The molecular formula is C22H33N5S. The van der Waals surface area contributed by atoms with E-state index in [-0.39, 0.29) is 5.41 Å². The van der Waals surface area contributed by atoms with E-state index in [0.29, 0.717) is 18.6 Å². The minimum atomic E-state index is 0.102. The Morgan fingerprint density at radius 1 is 1.29 bits per heavy atom. The molecule has 2 N–H and O–H groups in total. The molecule has 28 heavy (non-hydrogen) atoms. The van der Waals surface area contributed by atoms with Gasteiger partial charge in [-0.15, -0.1) is 11.3 Å². The second-order valence-electron chi connectivity index (χ2n) is 8.66. The lowest BCUT2D eigenvalue weighted by atomic mass is 9.98. The lowest BCUT2D eigenvalue weighted by Crippen LogP contribution is -2.44. The predicted octanol–water partition coefficient (Wildman–Crippen LogP) is 3.77. The van der Waals surface area contributed by atoms with Crippen LogP contribution in [0.2, 0.25) is 0 Å². The molecule has 0 aliphatic carbocycles. The first-order valence-electron chi connectivity index (χ1n) is 10.0. The minimum absolute atomic E-state index is 0.102. The van der Waals surface area contributed by atoms with Crippen LogP contribution in [-0.2, 0) is 18.5 Å². The standard InChI is InChI=1S/C22H33N5S/c1-16-11-18(14-27(16)13-17-9-7-6-8-10-17)26-21(23-5)24-12-19-15-28-20(25-19)22(2,3)4/h6-10,15-16,18H,11-14H2,1-5H3,(H2,23,24,26). The fraction of sp³-hybridized carbons (Fsp3) is 0.545. The summed E-state index contributed by atoms with van der Waals surface area (Å²) >= 11 is 1.73. The molecule has 5 nitrogen and oxygen atoms in total. The van der Waals surface area contributed by atoms with Gasteiger partial charge in [-0.1, -0.05) is 51.1 Å². The number of nitrogens with one attached hydrogen (secondary N) is 2. The average Bonchev–Trinajstić information content (AvgIpc) is 3.26. The molecule has 0 saturated carbocycles. The molecule has 0 radical (unpaired) electrons. The van der Waals surface area contributed by atoms with Crippen LogP contribution in [0.15, 0.2) is 40.7 Å². The van der Waals surface area contributed by atoms with E-state index in [0.717, 1.165) is 31.2 Å². The van der Waals surface area contributed by atoms with Gasteiger partial charge in [-0.2, -0.15) is 0 Å². The maximum atomic E-state index is 4.76. The lowest BCUT2D eigenvalue weighted by molar-refractivity contribution is 0.258. The maximum Gasteiger partial charge on any atom is 0.191 e. The highest BCUT2D eigenvalue weighted by atomic mass is 32.1. The molecule has 6 heteroatoms. The van der Waals surface area contributed by atoms with Crippen molar-refractivity contribution in [1.82, 2.24) is 20.5 Å². The van der Waals surface area contributed by atoms with Crippen molar-refractivity contribution in [3.05, 3.63) is 52.0 Å². The number of rotatable bonds is 5. The molecule has 1 fully saturated rings. The summed E-state index contributed by atoms with van der Waals surface area (Å²) < 4.78 is 0. The van der Waals surface area contributed by atoms with Crippen LogP contribution in [-0.4, -0.2) is 41.5 Å². The Hall–Kier alpha value is -1.92. The molecule has 152 valence electrons. The molecule has 0 spiro atoms. The SMILES string of the molecule is CN=C(NCc1csc(C(C)(C)C)n1)NC1CC(C)N(Cc2ccccc2)C1. The van der Waals surface area contributed by atoms with Crippen molar-refractivity contribution in [2.75, 3.05) is 13.6 Å². The molecule has 2 atom stereocenters. The van der Waals surface area contributed by atoms with Crippen LogP contribution in [0.4, 0.5) is 0 Å². The summed E-state index contributed by atoms with van der Waals surface area (Å²) in [6, 6.07) is 11.7. The summed E-state index contributed by atoms with van der Waals surface area (Å²) in [7, 11) is 1.83. The quantitative estimate of drug-likeness (QED) is 0.594. The Morgan fingerprint density at radius 2 is 2.04 bits per heavy atom. The second-order valence-corrected chi connectivity index (χ2v) is 9.52. The molecule has 0 bridgehead atoms. The van der Waals surface area contributed by atoms with E-state index >= 15 is 0 Å². The fourth-order valence-electron chi connectivity index (χ4n) is 3.54. The van der Waals surface area contributed by atoms with Crippen molar-refractivity contribution in [1.29, 1.82) is 0 Å². The molecule has 3 rings (SSSR count). The Bertz CT molecular complexity index is 778. The van der Waals surface area contributed by atoms with Gasteiger partial charge in [0.05, 0.1) is 17.2 Å². The van der Waals surface area contributed by atoms with Gasteiger partial charge in [-0.25, -0.2) is 4.98 Å². The number of hydrogen-bond donors (Lipinski definition) is 2. The summed E-state index contributed by atoms with van der Waals surface area (Å²) in [5.74, 6) is 0.851. The molecule has 2 unspecified atom stereocenters. The molecule has 1 saturated heterocycles. The largest absolute Gasteiger partial charge is 0.352 e. The number of aliphatic imine (C=N–C) groups is 1. The zero-order chi connectivity index (χ0) is 20.1. The van der Waals surface area contributed by atoms with Gasteiger partial charge in [-0.3, -0.25) is 9.89 Å². The highest BCUT2D eigenvalue weighted by molar-refractivity contribution is 7.09. The summed E-state index contributed by atoms with van der Waals surface area (Å²) in [5.41, 5.74) is 2.55. The van der Waals surface area contributed by atoms with Crippen LogP contribution in [0.25, 0.3) is 0 Å². The minimum Gasteiger partial charge on any atom is -0.352 e. The van der Waals surface area contributed by atoms with Gasteiger partial charge < -0.3 is 10.6 Å². The smallest absolute Gasteiger partial charge is 0.191 e. The van der Waals surface area contributed by atoms with Gasteiger partial charge in [0, 0.05) is 43.0 Å². The van der Waals surface area contributed by atoms with E-state index < -0.39 is 0 Å². The van der Waals surface area contributed by atoms with Crippen LogP contribution in [0.1, 0.15) is 50.4 Å². The third-order valence-electron chi connectivity index (χ3n) is 5.13. The van der Waals surface area contributed by atoms with Gasteiger partial charge >= 0.3 is 0 Å². The summed E-state index contributed by atoms with van der Waals surface area (Å²) in [6.07, 6.45) is 1.12. The van der Waals surface area contributed by atoms with Gasteiger partial charge in [0.25, 0.3) is 0 Å². The van der Waals surface area contributed by atoms with Crippen LogP contribution < -0.4 is 10.6 Å². The molecule has 1 aromatic carbocycles. The monoisotopic (exact) mass is 399 g/mol. The summed E-state index contributed by atoms with van der Waals surface area (Å²) in [5, 5.41) is 10.3. The summed E-state index contributed by atoms with van der Waals surface area (Å²) in [4.78, 5) is 11.7. The molecule has 2 heterocycles. The Labute approximate surface area is 173 Å². The van der Waals surface area contributed by atoms with Crippen molar-refractivity contribution >= 4 is 17.3 Å². The van der Waals surface area contributed by atoms with E-state index in [9.17, 15) is 0 Å². The van der Waals surface area contributed by atoms with Gasteiger partial charge in [-0.05, 0) is 18.9 Å². The van der Waals surface area contributed by atoms with Crippen molar-refractivity contribution in [2.24, 2.45) is 4.99 Å². The molecule has 1 aliphatic heterocycles. The van der Waals surface area contributed by atoms with Crippen LogP contribution in [0.5, 0.6) is 0 Å². The van der Waals surface area contributed by atoms with Crippen LogP contribution in [0.3, 0.4) is 0 Å². The van der Waals surface area contributed by atoms with Crippen molar-refractivity contribution in [3.8, 4) is 0 Å². The molecule has 0 amide bonds. The highest BCUT2D eigenvalue weighted by Gasteiger charge is 2.29. The van der Waals surface area contributed by atoms with E-state index in [2.05, 4.69) is 83.9 Å². The van der Waals surface area contributed by atoms with Gasteiger partial charge in [0.2, 0.25) is 0 Å². The number of aromatic nitrogens is 1. The van der Waals surface area contributed by atoms with E-state index in [1.54, 1.807) is 11.3 Å². The molecular weight excluding hydrogens is 366 g/mol. The number of likely N-dealkylation sites (tertiary alicyclic amines) is 1. The third-order valence-corrected chi connectivity index (χ3v) is 6.44. The molecule has 1 aliphatic rings. The first-order valence-corrected chi connectivity index (χ1v) is 10.9. The Kier molecular flexibility index (Phi) is 6.73. The summed E-state index contributed by atoms with van der Waals surface area (Å²) in [6.45, 7) is 11.6. The van der Waals surface area contributed by atoms with Gasteiger partial charge in [0.1, 0.15) is 0 Å². The van der Waals surface area contributed by atoms with Crippen LogP contribution >= 0.6 is 11.3 Å². The number of benzene rings is 1. The number of hydrogen-bond acceptors (Lipinski definition) is 4. The lowest BCUT2D eigenvalue weighted by Gasteiger charge is -2.21. The number of nitrogens with zero attached hydrogens (tertiary/aromatic N) is 3. The maximum absolute atomic E-state index is 4.76. The fourth-order valence-corrected chi connectivity index (χ4v) is 4.44. The Balaban J connectivity index is 1.50. The zero-order valence-corrected chi connectivity index (χ0v) is 18.5. The highest BCUT2D eigenvalue weighted by Crippen LogP contribution is 2.25. The predicted molar refractivity (Wildman–Crippen MR) is 119 cm³/mol. The van der Waals surface area contributed by atoms with E-state index in [1.807, 2.05) is 7.05 Å². The van der Waals surface area contributed by atoms with Gasteiger partial charge in [0.15, 0.2) is 5.96 Å². The van der Waals surface area contributed by atoms with Crippen molar-refractivity contribution < 1.29 is 0 Å². The molecule has 2 aromatic rings. The third kappa shape index (κ3) is 5.55. The van der Waals surface area contributed by atoms with Crippen molar-refractivity contribution in [2.45, 2.75) is 64.7 Å². The van der Waals surface area contributed by atoms with Crippen molar-refractivity contribution in [3.63, 3.8) is 0 Å². The zero-order valence-electron chi connectivity index (χ0n) is 17.7. The topological polar surface area (TPSA) is 52.6 Å². The van der Waals surface area contributed by atoms with Crippen LogP contribution in [0, 0.1) is 0 Å². The first-order chi connectivity index (χ1) is 13.3. The van der Waals surface area contributed by atoms with E-state index in [4.69, 9.17) is 4.98 Å². The first kappa shape index (κ1) is 20.8. The van der Waals surface area contributed by atoms with E-state index in [1.165, 1.54) is 10.6 Å².